The molecule has 1 aromatic rings. The van der Waals surface area contributed by atoms with Gasteiger partial charge in [0.2, 0.25) is 0 Å². The predicted molar refractivity (Wildman–Crippen MR) is 61.3 cm³/mol. The third-order valence-electron chi connectivity index (χ3n) is 1.98. The minimum absolute atomic E-state index is 0.119. The molecule has 0 radical (unpaired) electrons. The van der Waals surface area contributed by atoms with Crippen molar-refractivity contribution in [2.75, 3.05) is 13.7 Å². The van der Waals surface area contributed by atoms with Crippen LogP contribution in [0.5, 0.6) is 0 Å². The first-order chi connectivity index (χ1) is 6.72. The SMILES string of the molecule is COCCC(Cl)Cc1cccc(Cl)c1. The Morgan fingerprint density at radius 1 is 1.43 bits per heavy atom. The molecule has 0 aliphatic carbocycles. The van der Waals surface area contributed by atoms with Crippen LogP contribution in [-0.2, 0) is 11.2 Å². The number of benzene rings is 1. The number of halogens is 2. The minimum atomic E-state index is 0.119. The second-order valence-electron chi connectivity index (χ2n) is 3.21. The Labute approximate surface area is 95.0 Å². The van der Waals surface area contributed by atoms with Crippen LogP contribution < -0.4 is 0 Å². The molecule has 0 fully saturated rings. The molecule has 1 rings (SSSR count). The highest BCUT2D eigenvalue weighted by atomic mass is 35.5. The van der Waals surface area contributed by atoms with E-state index in [-0.39, 0.29) is 5.38 Å². The van der Waals surface area contributed by atoms with E-state index in [2.05, 4.69) is 0 Å². The molecule has 14 heavy (non-hydrogen) atoms. The van der Waals surface area contributed by atoms with Crippen molar-refractivity contribution in [1.82, 2.24) is 0 Å². The Morgan fingerprint density at radius 2 is 2.21 bits per heavy atom. The van der Waals surface area contributed by atoms with E-state index in [9.17, 15) is 0 Å². The van der Waals surface area contributed by atoms with Crippen molar-refractivity contribution < 1.29 is 4.74 Å². The average molecular weight is 233 g/mol. The summed E-state index contributed by atoms with van der Waals surface area (Å²) in [7, 11) is 1.68. The van der Waals surface area contributed by atoms with E-state index in [1.807, 2.05) is 24.3 Å². The Balaban J connectivity index is 2.43. The van der Waals surface area contributed by atoms with E-state index >= 15 is 0 Å². The lowest BCUT2D eigenvalue weighted by Crippen LogP contribution is -2.06. The Kier molecular flexibility index (Phi) is 5.31. The van der Waals surface area contributed by atoms with Crippen molar-refractivity contribution in [3.63, 3.8) is 0 Å². The van der Waals surface area contributed by atoms with Gasteiger partial charge in [-0.3, -0.25) is 0 Å². The lowest BCUT2D eigenvalue weighted by molar-refractivity contribution is 0.194. The standard InChI is InChI=1S/C11H14Cl2O/c1-14-6-5-11(13)8-9-3-2-4-10(12)7-9/h2-4,7,11H,5-6,8H2,1H3. The molecule has 0 aliphatic rings. The fraction of sp³-hybridized carbons (Fsp3) is 0.455. The number of rotatable bonds is 5. The Hall–Kier alpha value is -0.240. The summed E-state index contributed by atoms with van der Waals surface area (Å²) in [5, 5.41) is 0.881. The molecule has 0 saturated carbocycles. The summed E-state index contributed by atoms with van der Waals surface area (Å²) in [6.45, 7) is 0.703. The summed E-state index contributed by atoms with van der Waals surface area (Å²) in [4.78, 5) is 0. The van der Waals surface area contributed by atoms with Gasteiger partial charge in [-0.2, -0.15) is 0 Å². The van der Waals surface area contributed by atoms with Crippen LogP contribution in [0.1, 0.15) is 12.0 Å². The van der Waals surface area contributed by atoms with Crippen LogP contribution in [-0.4, -0.2) is 19.1 Å². The zero-order valence-corrected chi connectivity index (χ0v) is 9.68. The van der Waals surface area contributed by atoms with Crippen molar-refractivity contribution in [2.45, 2.75) is 18.2 Å². The summed E-state index contributed by atoms with van der Waals surface area (Å²) < 4.78 is 4.96. The fourth-order valence-corrected chi connectivity index (χ4v) is 1.75. The van der Waals surface area contributed by atoms with Gasteiger partial charge < -0.3 is 4.74 Å². The summed E-state index contributed by atoms with van der Waals surface area (Å²) >= 11 is 12.0. The number of methoxy groups -OCH3 is 1. The Morgan fingerprint density at radius 3 is 2.86 bits per heavy atom. The van der Waals surface area contributed by atoms with E-state index < -0.39 is 0 Å². The van der Waals surface area contributed by atoms with Gasteiger partial charge in [0, 0.05) is 24.1 Å². The largest absolute Gasteiger partial charge is 0.385 e. The molecule has 1 aromatic carbocycles. The monoisotopic (exact) mass is 232 g/mol. The number of hydrogen-bond donors (Lipinski definition) is 0. The highest BCUT2D eigenvalue weighted by Gasteiger charge is 2.05. The predicted octanol–water partition coefficient (Wildman–Crippen LogP) is 3.53. The second-order valence-corrected chi connectivity index (χ2v) is 4.27. The first-order valence-electron chi connectivity index (χ1n) is 4.60. The lowest BCUT2D eigenvalue weighted by atomic mass is 10.1. The average Bonchev–Trinajstić information content (AvgIpc) is 2.15. The zero-order valence-electron chi connectivity index (χ0n) is 8.17. The van der Waals surface area contributed by atoms with Crippen LogP contribution in [0.2, 0.25) is 5.02 Å². The molecule has 0 aromatic heterocycles. The third kappa shape index (κ3) is 4.32. The third-order valence-corrected chi connectivity index (χ3v) is 2.59. The first kappa shape index (κ1) is 11.8. The highest BCUT2D eigenvalue weighted by Crippen LogP contribution is 2.15. The van der Waals surface area contributed by atoms with Crippen LogP contribution in [0, 0.1) is 0 Å². The van der Waals surface area contributed by atoms with E-state index in [0.29, 0.717) is 6.61 Å². The van der Waals surface area contributed by atoms with Crippen LogP contribution in [0.4, 0.5) is 0 Å². The lowest BCUT2D eigenvalue weighted by Gasteiger charge is -2.08. The normalized spacial score (nSPS) is 12.8. The molecular weight excluding hydrogens is 219 g/mol. The number of alkyl halides is 1. The quantitative estimate of drug-likeness (QED) is 0.707. The topological polar surface area (TPSA) is 9.23 Å². The van der Waals surface area contributed by atoms with E-state index in [4.69, 9.17) is 27.9 Å². The van der Waals surface area contributed by atoms with Gasteiger partial charge in [-0.15, -0.1) is 11.6 Å². The van der Waals surface area contributed by atoms with Crippen molar-refractivity contribution in [1.29, 1.82) is 0 Å². The second kappa shape index (κ2) is 6.28. The van der Waals surface area contributed by atoms with Crippen molar-refractivity contribution >= 4 is 23.2 Å². The maximum absolute atomic E-state index is 6.12. The molecule has 0 amide bonds. The van der Waals surface area contributed by atoms with Gasteiger partial charge in [-0.25, -0.2) is 0 Å². The molecule has 0 spiro atoms. The van der Waals surface area contributed by atoms with Gasteiger partial charge in [0.05, 0.1) is 0 Å². The molecular formula is C11H14Cl2O. The van der Waals surface area contributed by atoms with Crippen LogP contribution in [0.15, 0.2) is 24.3 Å². The summed E-state index contributed by atoms with van der Waals surface area (Å²) in [5.74, 6) is 0. The molecule has 78 valence electrons. The van der Waals surface area contributed by atoms with Gasteiger partial charge in [0.15, 0.2) is 0 Å². The number of ether oxygens (including phenoxy) is 1. The van der Waals surface area contributed by atoms with Crippen molar-refractivity contribution in [3.05, 3.63) is 34.9 Å². The van der Waals surface area contributed by atoms with E-state index in [0.717, 1.165) is 17.9 Å². The highest BCUT2D eigenvalue weighted by molar-refractivity contribution is 6.30. The summed E-state index contributed by atoms with van der Waals surface area (Å²) in [6.07, 6.45) is 1.70. The van der Waals surface area contributed by atoms with Crippen LogP contribution >= 0.6 is 23.2 Å². The first-order valence-corrected chi connectivity index (χ1v) is 5.41. The minimum Gasteiger partial charge on any atom is -0.385 e. The Bertz CT molecular complexity index is 276. The molecule has 0 aliphatic heterocycles. The van der Waals surface area contributed by atoms with Crippen LogP contribution in [0.3, 0.4) is 0 Å². The van der Waals surface area contributed by atoms with E-state index in [1.165, 1.54) is 5.56 Å². The summed E-state index contributed by atoms with van der Waals surface area (Å²) in [6, 6.07) is 7.79. The maximum Gasteiger partial charge on any atom is 0.0476 e. The van der Waals surface area contributed by atoms with Crippen LogP contribution in [0.25, 0.3) is 0 Å². The molecule has 0 N–H and O–H groups in total. The molecule has 0 heterocycles. The van der Waals surface area contributed by atoms with Gasteiger partial charge in [0.1, 0.15) is 0 Å². The molecule has 0 bridgehead atoms. The van der Waals surface area contributed by atoms with Gasteiger partial charge >= 0.3 is 0 Å². The summed E-state index contributed by atoms with van der Waals surface area (Å²) in [5.41, 5.74) is 1.17. The maximum atomic E-state index is 6.12. The molecule has 3 heteroatoms. The smallest absolute Gasteiger partial charge is 0.0476 e. The van der Waals surface area contributed by atoms with Crippen molar-refractivity contribution in [2.24, 2.45) is 0 Å². The van der Waals surface area contributed by atoms with Gasteiger partial charge in [0.25, 0.3) is 0 Å². The van der Waals surface area contributed by atoms with Gasteiger partial charge in [-0.1, -0.05) is 23.7 Å². The molecule has 1 atom stereocenters. The zero-order chi connectivity index (χ0) is 10.4. The molecule has 1 nitrogen and oxygen atoms in total. The van der Waals surface area contributed by atoms with Gasteiger partial charge in [-0.05, 0) is 30.5 Å². The molecule has 0 saturated heterocycles. The van der Waals surface area contributed by atoms with E-state index in [1.54, 1.807) is 7.11 Å². The number of hydrogen-bond acceptors (Lipinski definition) is 1. The van der Waals surface area contributed by atoms with Crippen molar-refractivity contribution in [3.8, 4) is 0 Å². The fourth-order valence-electron chi connectivity index (χ4n) is 1.27. The molecule has 1 unspecified atom stereocenters.